The number of hydrogen-bond acceptors (Lipinski definition) is 3. The van der Waals surface area contributed by atoms with Crippen molar-refractivity contribution in [2.24, 2.45) is 5.92 Å². The molecule has 1 aromatic rings. The van der Waals surface area contributed by atoms with Gasteiger partial charge in [0.1, 0.15) is 11.7 Å². The third-order valence-corrected chi connectivity index (χ3v) is 3.80. The normalized spacial score (nSPS) is 21.2. The second-order valence-corrected chi connectivity index (χ2v) is 5.50. The van der Waals surface area contributed by atoms with Crippen LogP contribution in [0.4, 0.5) is 10.1 Å². The van der Waals surface area contributed by atoms with Gasteiger partial charge in [0.15, 0.2) is 6.54 Å². The lowest BCUT2D eigenvalue weighted by Crippen LogP contribution is -3.14. The number of piperidine rings is 1. The van der Waals surface area contributed by atoms with Crippen molar-refractivity contribution in [3.63, 3.8) is 0 Å². The second-order valence-electron chi connectivity index (χ2n) is 5.50. The Balaban J connectivity index is 1.86. The van der Waals surface area contributed by atoms with E-state index < -0.39 is 5.82 Å². The van der Waals surface area contributed by atoms with E-state index >= 15 is 0 Å². The van der Waals surface area contributed by atoms with Gasteiger partial charge in [-0.2, -0.15) is 0 Å². The Morgan fingerprint density at radius 3 is 2.91 bits per heavy atom. The minimum Gasteiger partial charge on any atom is -0.466 e. The summed E-state index contributed by atoms with van der Waals surface area (Å²) in [5, 5.41) is 2.58. The van der Waals surface area contributed by atoms with Crippen molar-refractivity contribution in [2.75, 3.05) is 31.6 Å². The number of para-hydroxylation sites is 1. The molecule has 2 rings (SSSR count). The van der Waals surface area contributed by atoms with E-state index in [4.69, 9.17) is 4.74 Å². The third kappa shape index (κ3) is 4.53. The van der Waals surface area contributed by atoms with Gasteiger partial charge in [0.2, 0.25) is 0 Å². The van der Waals surface area contributed by atoms with E-state index in [0.717, 1.165) is 24.3 Å². The lowest BCUT2D eigenvalue weighted by Gasteiger charge is -2.28. The molecule has 0 spiro atoms. The van der Waals surface area contributed by atoms with Gasteiger partial charge in [0.05, 0.1) is 25.4 Å². The summed E-state index contributed by atoms with van der Waals surface area (Å²) >= 11 is 0. The lowest BCUT2D eigenvalue weighted by molar-refractivity contribution is -0.899. The molecule has 6 heteroatoms. The van der Waals surface area contributed by atoms with Gasteiger partial charge in [0, 0.05) is 0 Å². The zero-order chi connectivity index (χ0) is 15.9. The minimum atomic E-state index is -0.450. The molecule has 22 heavy (non-hydrogen) atoms. The monoisotopic (exact) mass is 309 g/mol. The number of hydrogen-bond donors (Lipinski definition) is 2. The summed E-state index contributed by atoms with van der Waals surface area (Å²) in [4.78, 5) is 24.8. The number of anilines is 1. The summed E-state index contributed by atoms with van der Waals surface area (Å²) in [7, 11) is 0. The van der Waals surface area contributed by atoms with Gasteiger partial charge >= 0.3 is 5.97 Å². The lowest BCUT2D eigenvalue weighted by atomic mass is 9.98. The fraction of sp³-hybridized carbons (Fsp3) is 0.500. The Morgan fingerprint density at radius 1 is 1.41 bits per heavy atom. The number of benzene rings is 1. The summed E-state index contributed by atoms with van der Waals surface area (Å²) in [6, 6.07) is 6.08. The minimum absolute atomic E-state index is 0.148. The summed E-state index contributed by atoms with van der Waals surface area (Å²) in [6.07, 6.45) is 1.68. The molecule has 2 N–H and O–H groups in total. The van der Waals surface area contributed by atoms with E-state index in [1.165, 1.54) is 12.1 Å². The molecule has 1 aliphatic rings. The number of nitrogens with one attached hydrogen (secondary N) is 2. The van der Waals surface area contributed by atoms with Gasteiger partial charge in [-0.15, -0.1) is 0 Å². The van der Waals surface area contributed by atoms with E-state index in [2.05, 4.69) is 5.32 Å². The summed E-state index contributed by atoms with van der Waals surface area (Å²) in [6.45, 7) is 3.81. The van der Waals surface area contributed by atoms with Crippen molar-refractivity contribution in [1.82, 2.24) is 0 Å². The number of amides is 1. The first-order valence-electron chi connectivity index (χ1n) is 7.64. The molecule has 1 heterocycles. The zero-order valence-electron chi connectivity index (χ0n) is 12.7. The number of carbonyl (C=O) groups excluding carboxylic acids is 2. The van der Waals surface area contributed by atoms with E-state index in [9.17, 15) is 14.0 Å². The Bertz CT molecular complexity index is 536. The quantitative estimate of drug-likeness (QED) is 0.784. The van der Waals surface area contributed by atoms with Gasteiger partial charge in [0.25, 0.3) is 5.91 Å². The number of rotatable bonds is 5. The maximum atomic E-state index is 13.5. The molecule has 1 aromatic carbocycles. The Hall–Kier alpha value is -1.95. The highest BCUT2D eigenvalue weighted by molar-refractivity contribution is 5.91. The first-order valence-corrected chi connectivity index (χ1v) is 7.64. The van der Waals surface area contributed by atoms with Crippen molar-refractivity contribution in [3.05, 3.63) is 30.1 Å². The smallest absolute Gasteiger partial charge is 0.314 e. The fourth-order valence-corrected chi connectivity index (χ4v) is 2.76. The molecule has 0 bridgehead atoms. The van der Waals surface area contributed by atoms with E-state index in [0.29, 0.717) is 13.2 Å². The summed E-state index contributed by atoms with van der Waals surface area (Å²) < 4.78 is 18.5. The van der Waals surface area contributed by atoms with Crippen molar-refractivity contribution in [1.29, 1.82) is 0 Å². The fourth-order valence-electron chi connectivity index (χ4n) is 2.76. The highest BCUT2D eigenvalue weighted by Gasteiger charge is 2.30. The van der Waals surface area contributed by atoms with Gasteiger partial charge in [-0.25, -0.2) is 4.39 Å². The van der Waals surface area contributed by atoms with Crippen LogP contribution in [0.15, 0.2) is 24.3 Å². The number of ether oxygens (including phenoxy) is 1. The Labute approximate surface area is 129 Å². The van der Waals surface area contributed by atoms with Gasteiger partial charge in [-0.3, -0.25) is 9.59 Å². The predicted octanol–water partition coefficient (Wildman–Crippen LogP) is 0.622. The highest BCUT2D eigenvalue weighted by atomic mass is 19.1. The van der Waals surface area contributed by atoms with Crippen LogP contribution in [0.1, 0.15) is 19.8 Å². The molecular weight excluding hydrogens is 287 g/mol. The highest BCUT2D eigenvalue weighted by Crippen LogP contribution is 2.12. The molecule has 0 radical (unpaired) electrons. The number of esters is 1. The number of carbonyl (C=O) groups is 2. The van der Waals surface area contributed by atoms with Crippen LogP contribution in [0.25, 0.3) is 0 Å². The van der Waals surface area contributed by atoms with E-state index in [-0.39, 0.29) is 30.0 Å². The van der Waals surface area contributed by atoms with Crippen LogP contribution in [0.3, 0.4) is 0 Å². The number of quaternary nitrogens is 1. The molecule has 120 valence electrons. The average molecular weight is 309 g/mol. The first-order chi connectivity index (χ1) is 10.6. The van der Waals surface area contributed by atoms with Gasteiger partial charge in [-0.05, 0) is 31.9 Å². The molecule has 5 nitrogen and oxygen atoms in total. The van der Waals surface area contributed by atoms with Crippen LogP contribution in [0.2, 0.25) is 0 Å². The van der Waals surface area contributed by atoms with Gasteiger partial charge < -0.3 is 15.0 Å². The van der Waals surface area contributed by atoms with Crippen LogP contribution in [-0.2, 0) is 14.3 Å². The molecule has 2 atom stereocenters. The molecule has 1 aliphatic heterocycles. The van der Waals surface area contributed by atoms with Crippen molar-refractivity contribution in [2.45, 2.75) is 19.8 Å². The Morgan fingerprint density at radius 2 is 2.18 bits per heavy atom. The van der Waals surface area contributed by atoms with Crippen molar-refractivity contribution >= 4 is 17.6 Å². The molecular formula is C16H22FN2O3+. The van der Waals surface area contributed by atoms with Gasteiger partial charge in [-0.1, -0.05) is 12.1 Å². The van der Waals surface area contributed by atoms with E-state index in [1.807, 2.05) is 0 Å². The average Bonchev–Trinajstić information content (AvgIpc) is 2.50. The summed E-state index contributed by atoms with van der Waals surface area (Å²) in [5.41, 5.74) is 0.186. The molecule has 0 saturated carbocycles. The summed E-state index contributed by atoms with van der Waals surface area (Å²) in [5.74, 6) is -1.03. The zero-order valence-corrected chi connectivity index (χ0v) is 12.7. The molecule has 0 aromatic heterocycles. The van der Waals surface area contributed by atoms with Crippen LogP contribution in [0.5, 0.6) is 0 Å². The molecule has 1 amide bonds. The van der Waals surface area contributed by atoms with Crippen LogP contribution in [-0.4, -0.2) is 38.1 Å². The molecule has 1 fully saturated rings. The van der Waals surface area contributed by atoms with E-state index in [1.54, 1.807) is 19.1 Å². The maximum Gasteiger partial charge on any atom is 0.314 e. The SMILES string of the molecule is CCOC(=O)[C@@H]1CCC[NH+](CC(=O)Nc2ccccc2F)C1. The second kappa shape index (κ2) is 7.89. The van der Waals surface area contributed by atoms with Crippen molar-refractivity contribution < 1.29 is 23.6 Å². The Kier molecular flexibility index (Phi) is 5.89. The first kappa shape index (κ1) is 16.4. The van der Waals surface area contributed by atoms with Crippen LogP contribution < -0.4 is 10.2 Å². The largest absolute Gasteiger partial charge is 0.466 e. The van der Waals surface area contributed by atoms with Crippen LogP contribution >= 0.6 is 0 Å². The van der Waals surface area contributed by atoms with Crippen molar-refractivity contribution in [3.8, 4) is 0 Å². The standard InChI is InChI=1S/C16H21FN2O3/c1-2-22-16(21)12-6-5-9-19(10-12)11-15(20)18-14-8-4-3-7-13(14)17/h3-4,7-8,12H,2,5-6,9-11H2,1H3,(H,18,20)/p+1/t12-/m1/s1. The number of likely N-dealkylation sites (tertiary alicyclic amines) is 1. The van der Waals surface area contributed by atoms with Crippen LogP contribution in [0, 0.1) is 11.7 Å². The predicted molar refractivity (Wildman–Crippen MR) is 80.0 cm³/mol. The number of halogens is 1. The molecule has 0 aliphatic carbocycles. The molecule has 1 saturated heterocycles. The third-order valence-electron chi connectivity index (χ3n) is 3.80. The topological polar surface area (TPSA) is 59.8 Å². The maximum absolute atomic E-state index is 13.5. The molecule has 1 unspecified atom stereocenters.